The van der Waals surface area contributed by atoms with Crippen LogP contribution in [0.4, 0.5) is 0 Å². The van der Waals surface area contributed by atoms with Gasteiger partial charge in [-0.1, -0.05) is 53.6 Å². The Labute approximate surface area is 166 Å². The molecule has 1 aliphatic rings. The summed E-state index contributed by atoms with van der Waals surface area (Å²) in [5.74, 6) is 0.377. The quantitative estimate of drug-likeness (QED) is 0.680. The van der Waals surface area contributed by atoms with Gasteiger partial charge in [0, 0.05) is 36.0 Å². The summed E-state index contributed by atoms with van der Waals surface area (Å²) >= 11 is 6.17. The maximum Gasteiger partial charge on any atom is 0.222 e. The molecule has 1 amide bonds. The van der Waals surface area contributed by atoms with Gasteiger partial charge in [0.25, 0.3) is 0 Å². The molecule has 2 aromatic rings. The van der Waals surface area contributed by atoms with Crippen molar-refractivity contribution >= 4 is 23.3 Å². The van der Waals surface area contributed by atoms with Gasteiger partial charge in [-0.2, -0.15) is 0 Å². The fourth-order valence-corrected chi connectivity index (χ4v) is 4.03. The average molecular weight is 384 g/mol. The number of halogens is 1. The molecular weight excluding hydrogens is 358 g/mol. The van der Waals surface area contributed by atoms with E-state index in [1.54, 1.807) is 0 Å². The predicted molar refractivity (Wildman–Crippen MR) is 109 cm³/mol. The highest BCUT2D eigenvalue weighted by Gasteiger charge is 2.28. The number of ketones is 1. The molecule has 1 fully saturated rings. The summed E-state index contributed by atoms with van der Waals surface area (Å²) < 4.78 is 0. The predicted octanol–water partition coefficient (Wildman–Crippen LogP) is 5.01. The van der Waals surface area contributed by atoms with Gasteiger partial charge in [0.15, 0.2) is 5.78 Å². The van der Waals surface area contributed by atoms with Crippen molar-refractivity contribution in [3.8, 4) is 0 Å². The van der Waals surface area contributed by atoms with Crippen molar-refractivity contribution in [3.05, 3.63) is 69.7 Å². The number of likely N-dealkylation sites (tertiary alicyclic amines) is 1. The Morgan fingerprint density at radius 3 is 2.44 bits per heavy atom. The molecule has 0 saturated carbocycles. The number of nitrogens with zero attached hydrogens (tertiary/aromatic N) is 1. The Morgan fingerprint density at radius 2 is 1.78 bits per heavy atom. The van der Waals surface area contributed by atoms with E-state index in [2.05, 4.69) is 6.07 Å². The molecule has 2 aromatic carbocycles. The normalized spacial score (nSPS) is 15.0. The Morgan fingerprint density at radius 1 is 1.07 bits per heavy atom. The summed E-state index contributed by atoms with van der Waals surface area (Å²) in [6, 6.07) is 13.6. The molecule has 0 radical (unpaired) electrons. The molecule has 0 N–H and O–H groups in total. The number of Topliss-reactive ketones (excluding diaryl/α,β-unsaturated/α-hetero) is 1. The van der Waals surface area contributed by atoms with Crippen molar-refractivity contribution in [2.75, 3.05) is 13.1 Å². The van der Waals surface area contributed by atoms with E-state index in [0.717, 1.165) is 29.5 Å². The second-order valence-electron chi connectivity index (χ2n) is 7.43. The zero-order valence-corrected chi connectivity index (χ0v) is 16.8. The Kier molecular flexibility index (Phi) is 6.33. The van der Waals surface area contributed by atoms with E-state index in [1.165, 1.54) is 5.56 Å². The highest BCUT2D eigenvalue weighted by atomic mass is 35.5. The van der Waals surface area contributed by atoms with Gasteiger partial charge in [-0.05, 0) is 50.3 Å². The number of rotatable bonds is 5. The second-order valence-corrected chi connectivity index (χ2v) is 7.84. The van der Waals surface area contributed by atoms with Crippen LogP contribution in [0.5, 0.6) is 0 Å². The van der Waals surface area contributed by atoms with Gasteiger partial charge < -0.3 is 4.90 Å². The molecule has 0 unspecified atom stereocenters. The van der Waals surface area contributed by atoms with Gasteiger partial charge in [0.05, 0.1) is 0 Å². The van der Waals surface area contributed by atoms with Crippen LogP contribution in [0.2, 0.25) is 5.02 Å². The number of carbonyl (C=O) groups is 2. The first kappa shape index (κ1) is 19.6. The minimum Gasteiger partial charge on any atom is -0.343 e. The maximum absolute atomic E-state index is 12.8. The molecule has 0 aromatic heterocycles. The van der Waals surface area contributed by atoms with E-state index in [0.29, 0.717) is 31.0 Å². The SMILES string of the molecule is Cc1ccc(C(=O)C2CCN(C(=O)CCc3ccccc3Cl)CC2)c(C)c1. The van der Waals surface area contributed by atoms with E-state index in [9.17, 15) is 9.59 Å². The van der Waals surface area contributed by atoms with Gasteiger partial charge in [-0.3, -0.25) is 9.59 Å². The standard InChI is InChI=1S/C23H26ClNO2/c1-16-7-9-20(17(2)15-16)23(27)19-11-13-25(14-12-19)22(26)10-8-18-5-3-4-6-21(18)24/h3-7,9,15,19H,8,10-14H2,1-2H3. The lowest BCUT2D eigenvalue weighted by atomic mass is 9.87. The molecule has 1 aliphatic heterocycles. The molecule has 0 bridgehead atoms. The van der Waals surface area contributed by atoms with Crippen LogP contribution in [-0.2, 0) is 11.2 Å². The van der Waals surface area contributed by atoms with Gasteiger partial charge >= 0.3 is 0 Å². The average Bonchev–Trinajstić information content (AvgIpc) is 2.67. The summed E-state index contributed by atoms with van der Waals surface area (Å²) in [5, 5.41) is 0.711. The first-order valence-electron chi connectivity index (χ1n) is 9.58. The summed E-state index contributed by atoms with van der Waals surface area (Å²) in [5.41, 5.74) is 4.04. The zero-order chi connectivity index (χ0) is 19.4. The topological polar surface area (TPSA) is 37.4 Å². The lowest BCUT2D eigenvalue weighted by Gasteiger charge is -2.31. The molecule has 27 heavy (non-hydrogen) atoms. The van der Waals surface area contributed by atoms with Crippen LogP contribution in [-0.4, -0.2) is 29.7 Å². The van der Waals surface area contributed by atoms with Crippen LogP contribution in [0.1, 0.15) is 46.3 Å². The van der Waals surface area contributed by atoms with Crippen molar-refractivity contribution in [1.29, 1.82) is 0 Å². The van der Waals surface area contributed by atoms with E-state index in [1.807, 2.05) is 55.1 Å². The van der Waals surface area contributed by atoms with Crippen molar-refractivity contribution in [2.45, 2.75) is 39.5 Å². The second kappa shape index (κ2) is 8.71. The third-order valence-electron chi connectivity index (χ3n) is 5.43. The van der Waals surface area contributed by atoms with E-state index < -0.39 is 0 Å². The Hall–Kier alpha value is -2.13. The third kappa shape index (κ3) is 4.78. The minimum absolute atomic E-state index is 0.0130. The molecule has 0 spiro atoms. The number of benzene rings is 2. The number of hydrogen-bond acceptors (Lipinski definition) is 2. The lowest BCUT2D eigenvalue weighted by molar-refractivity contribution is -0.132. The van der Waals surface area contributed by atoms with E-state index >= 15 is 0 Å². The van der Waals surface area contributed by atoms with Crippen LogP contribution < -0.4 is 0 Å². The van der Waals surface area contributed by atoms with Crippen LogP contribution in [0.25, 0.3) is 0 Å². The van der Waals surface area contributed by atoms with Crippen molar-refractivity contribution in [3.63, 3.8) is 0 Å². The summed E-state index contributed by atoms with van der Waals surface area (Å²) in [4.78, 5) is 27.2. The smallest absolute Gasteiger partial charge is 0.222 e. The third-order valence-corrected chi connectivity index (χ3v) is 5.80. The lowest BCUT2D eigenvalue weighted by Crippen LogP contribution is -2.40. The summed E-state index contributed by atoms with van der Waals surface area (Å²) in [6.07, 6.45) is 2.59. The van der Waals surface area contributed by atoms with Crippen LogP contribution >= 0.6 is 11.6 Å². The highest BCUT2D eigenvalue weighted by Crippen LogP contribution is 2.25. The van der Waals surface area contributed by atoms with E-state index in [4.69, 9.17) is 11.6 Å². The van der Waals surface area contributed by atoms with E-state index in [-0.39, 0.29) is 17.6 Å². The van der Waals surface area contributed by atoms with Crippen LogP contribution in [0.15, 0.2) is 42.5 Å². The fraction of sp³-hybridized carbons (Fsp3) is 0.391. The maximum atomic E-state index is 12.8. The molecule has 1 heterocycles. The van der Waals surface area contributed by atoms with Crippen LogP contribution in [0, 0.1) is 19.8 Å². The molecule has 142 valence electrons. The molecule has 0 aliphatic carbocycles. The number of carbonyl (C=O) groups excluding carboxylic acids is 2. The first-order valence-corrected chi connectivity index (χ1v) is 9.96. The summed E-state index contributed by atoms with van der Waals surface area (Å²) in [7, 11) is 0. The van der Waals surface area contributed by atoms with Gasteiger partial charge in [0.2, 0.25) is 5.91 Å². The zero-order valence-electron chi connectivity index (χ0n) is 16.0. The molecule has 3 rings (SSSR count). The molecule has 1 saturated heterocycles. The van der Waals surface area contributed by atoms with Crippen molar-refractivity contribution < 1.29 is 9.59 Å². The van der Waals surface area contributed by atoms with Crippen molar-refractivity contribution in [2.24, 2.45) is 5.92 Å². The molecular formula is C23H26ClNO2. The van der Waals surface area contributed by atoms with Crippen molar-refractivity contribution in [1.82, 2.24) is 4.90 Å². The minimum atomic E-state index is 0.0130. The Balaban J connectivity index is 1.53. The highest BCUT2D eigenvalue weighted by molar-refractivity contribution is 6.31. The number of hydrogen-bond donors (Lipinski definition) is 0. The Bertz CT molecular complexity index is 838. The number of amides is 1. The number of aryl methyl sites for hydroxylation is 3. The van der Waals surface area contributed by atoms with Gasteiger partial charge in [-0.15, -0.1) is 0 Å². The summed E-state index contributed by atoms with van der Waals surface area (Å²) in [6.45, 7) is 5.34. The van der Waals surface area contributed by atoms with Crippen LogP contribution in [0.3, 0.4) is 0 Å². The number of piperidine rings is 1. The monoisotopic (exact) mass is 383 g/mol. The van der Waals surface area contributed by atoms with Gasteiger partial charge in [-0.25, -0.2) is 0 Å². The van der Waals surface area contributed by atoms with Gasteiger partial charge in [0.1, 0.15) is 0 Å². The fourth-order valence-electron chi connectivity index (χ4n) is 3.80. The molecule has 3 nitrogen and oxygen atoms in total. The molecule has 0 atom stereocenters. The first-order chi connectivity index (χ1) is 13.0. The largest absolute Gasteiger partial charge is 0.343 e. The molecule has 4 heteroatoms.